The predicted molar refractivity (Wildman–Crippen MR) is 126 cm³/mol. The molecule has 3 heterocycles. The zero-order valence-electron chi connectivity index (χ0n) is 18.7. The molecule has 1 saturated heterocycles. The van der Waals surface area contributed by atoms with E-state index >= 15 is 0 Å². The number of aromatic nitrogens is 3. The van der Waals surface area contributed by atoms with Crippen LogP contribution in [-0.4, -0.2) is 45.1 Å². The zero-order valence-corrected chi connectivity index (χ0v) is 18.7. The Balaban J connectivity index is 1.41. The summed E-state index contributed by atoms with van der Waals surface area (Å²) in [5, 5.41) is 0.944. The molecule has 0 spiro atoms. The van der Waals surface area contributed by atoms with E-state index in [0.717, 1.165) is 46.1 Å². The molecule has 2 aromatic heterocycles. The summed E-state index contributed by atoms with van der Waals surface area (Å²) in [5.41, 5.74) is 3.43. The Hall–Kier alpha value is -3.48. The molecule has 1 N–H and O–H groups in total. The van der Waals surface area contributed by atoms with E-state index in [2.05, 4.69) is 23.4 Å². The molecule has 0 unspecified atom stereocenters. The molecule has 2 aromatic carbocycles. The molecular weight excluding hydrogens is 404 g/mol. The summed E-state index contributed by atoms with van der Waals surface area (Å²) in [7, 11) is 1.65. The van der Waals surface area contributed by atoms with Gasteiger partial charge in [-0.3, -0.25) is 9.36 Å². The molecule has 1 aliphatic rings. The van der Waals surface area contributed by atoms with Crippen molar-refractivity contribution >= 4 is 27.8 Å². The largest absolute Gasteiger partial charge is 0.497 e. The molecule has 0 bridgehead atoms. The van der Waals surface area contributed by atoms with Gasteiger partial charge in [0.05, 0.1) is 29.2 Å². The minimum atomic E-state index is -0.0788. The van der Waals surface area contributed by atoms with Crippen molar-refractivity contribution in [3.63, 3.8) is 0 Å². The number of ether oxygens (including phenoxy) is 1. The van der Waals surface area contributed by atoms with E-state index in [4.69, 9.17) is 4.74 Å². The van der Waals surface area contributed by atoms with E-state index in [0.29, 0.717) is 13.1 Å². The van der Waals surface area contributed by atoms with Crippen LogP contribution in [-0.2, 0) is 0 Å². The molecule has 0 saturated carbocycles. The molecule has 0 radical (unpaired) electrons. The van der Waals surface area contributed by atoms with E-state index in [9.17, 15) is 9.59 Å². The number of imidazole rings is 1. The Labute approximate surface area is 186 Å². The van der Waals surface area contributed by atoms with Gasteiger partial charge in [-0.15, -0.1) is 0 Å². The minimum absolute atomic E-state index is 0.0456. The summed E-state index contributed by atoms with van der Waals surface area (Å²) < 4.78 is 9.37. The SMILES string of the molecule is COc1ccc2c(C(=O)N3CCC(n4c(=O)[nH]c5ccccc54)CC3)cn(C(C)C)c2c1. The number of para-hydroxylation sites is 2. The van der Waals surface area contributed by atoms with Crippen molar-refractivity contribution in [2.45, 2.75) is 38.8 Å². The van der Waals surface area contributed by atoms with E-state index in [1.165, 1.54) is 0 Å². The fraction of sp³-hybridized carbons (Fsp3) is 0.360. The molecular formula is C25H28N4O3. The van der Waals surface area contributed by atoms with Gasteiger partial charge in [0.1, 0.15) is 5.75 Å². The monoisotopic (exact) mass is 432 g/mol. The molecule has 1 amide bonds. The lowest BCUT2D eigenvalue weighted by atomic mass is 10.0. The van der Waals surface area contributed by atoms with Crippen LogP contribution in [0.5, 0.6) is 5.75 Å². The van der Waals surface area contributed by atoms with Crippen LogP contribution < -0.4 is 10.4 Å². The van der Waals surface area contributed by atoms with Crippen molar-refractivity contribution < 1.29 is 9.53 Å². The van der Waals surface area contributed by atoms with Crippen molar-refractivity contribution in [3.8, 4) is 5.75 Å². The second-order valence-electron chi connectivity index (χ2n) is 8.77. The van der Waals surface area contributed by atoms with E-state index in [1.807, 2.05) is 58.1 Å². The van der Waals surface area contributed by atoms with Crippen molar-refractivity contribution in [1.82, 2.24) is 19.0 Å². The number of amides is 1. The van der Waals surface area contributed by atoms with Gasteiger partial charge >= 0.3 is 5.69 Å². The molecule has 0 aliphatic carbocycles. The van der Waals surface area contributed by atoms with Gasteiger partial charge in [-0.05, 0) is 51.0 Å². The van der Waals surface area contributed by atoms with Crippen LogP contribution in [0.15, 0.2) is 53.5 Å². The lowest BCUT2D eigenvalue weighted by Crippen LogP contribution is -2.40. The van der Waals surface area contributed by atoms with Crippen LogP contribution in [0.4, 0.5) is 0 Å². The Morgan fingerprint density at radius 2 is 1.84 bits per heavy atom. The fourth-order valence-corrected chi connectivity index (χ4v) is 4.89. The van der Waals surface area contributed by atoms with E-state index in [-0.39, 0.29) is 23.7 Å². The maximum atomic E-state index is 13.5. The molecule has 5 rings (SSSR count). The Kier molecular flexibility index (Phi) is 5.04. The number of rotatable bonds is 4. The van der Waals surface area contributed by atoms with Crippen molar-refractivity contribution in [2.24, 2.45) is 0 Å². The van der Waals surface area contributed by atoms with E-state index < -0.39 is 0 Å². The third-order valence-corrected chi connectivity index (χ3v) is 6.57. The normalized spacial score (nSPS) is 15.2. The number of aromatic amines is 1. The highest BCUT2D eigenvalue weighted by atomic mass is 16.5. The quantitative estimate of drug-likeness (QED) is 0.521. The molecule has 32 heavy (non-hydrogen) atoms. The maximum Gasteiger partial charge on any atom is 0.326 e. The van der Waals surface area contributed by atoms with Gasteiger partial charge in [-0.1, -0.05) is 12.1 Å². The summed E-state index contributed by atoms with van der Waals surface area (Å²) in [5.74, 6) is 0.825. The Morgan fingerprint density at radius 1 is 1.09 bits per heavy atom. The van der Waals surface area contributed by atoms with E-state index in [1.54, 1.807) is 7.11 Å². The highest BCUT2D eigenvalue weighted by Crippen LogP contribution is 2.31. The second kappa shape index (κ2) is 7.89. The molecule has 0 atom stereocenters. The summed E-state index contributed by atoms with van der Waals surface area (Å²) in [4.78, 5) is 30.9. The van der Waals surface area contributed by atoms with Gasteiger partial charge in [0.2, 0.25) is 0 Å². The number of carbonyl (C=O) groups excluding carboxylic acids is 1. The second-order valence-corrected chi connectivity index (χ2v) is 8.77. The fourth-order valence-electron chi connectivity index (χ4n) is 4.89. The maximum absolute atomic E-state index is 13.5. The smallest absolute Gasteiger partial charge is 0.326 e. The Morgan fingerprint density at radius 3 is 2.56 bits per heavy atom. The standard InChI is InChI=1S/C25H28N4O3/c1-16(2)28-15-20(19-9-8-18(32-3)14-23(19)28)24(30)27-12-10-17(11-13-27)29-22-7-5-4-6-21(22)26-25(29)31/h4-9,14-17H,10-13H2,1-3H3,(H,26,31). The zero-order chi connectivity index (χ0) is 22.4. The number of hydrogen-bond donors (Lipinski definition) is 1. The van der Waals surface area contributed by atoms with Gasteiger partial charge in [0, 0.05) is 42.8 Å². The van der Waals surface area contributed by atoms with Gasteiger partial charge in [-0.25, -0.2) is 4.79 Å². The number of nitrogens with one attached hydrogen (secondary N) is 1. The topological polar surface area (TPSA) is 72.3 Å². The van der Waals surface area contributed by atoms with Gasteiger partial charge in [0.25, 0.3) is 5.91 Å². The first-order valence-corrected chi connectivity index (χ1v) is 11.1. The summed E-state index contributed by atoms with van der Waals surface area (Å²) in [6, 6.07) is 13.9. The number of methoxy groups -OCH3 is 1. The van der Waals surface area contributed by atoms with Crippen LogP contribution in [0.3, 0.4) is 0 Å². The Bertz CT molecular complexity index is 1350. The number of likely N-dealkylation sites (tertiary alicyclic amines) is 1. The lowest BCUT2D eigenvalue weighted by molar-refractivity contribution is 0.0696. The van der Waals surface area contributed by atoms with Gasteiger partial charge in [0.15, 0.2) is 0 Å². The van der Waals surface area contributed by atoms with Gasteiger partial charge in [-0.2, -0.15) is 0 Å². The number of fused-ring (bicyclic) bond motifs is 2. The minimum Gasteiger partial charge on any atom is -0.497 e. The number of H-pyrrole nitrogens is 1. The summed E-state index contributed by atoms with van der Waals surface area (Å²) in [6.07, 6.45) is 3.47. The van der Waals surface area contributed by atoms with Crippen molar-refractivity contribution in [2.75, 3.05) is 20.2 Å². The predicted octanol–water partition coefficient (Wildman–Crippen LogP) is 4.35. The third-order valence-electron chi connectivity index (χ3n) is 6.57. The molecule has 4 aromatic rings. The molecule has 7 nitrogen and oxygen atoms in total. The first-order chi connectivity index (χ1) is 15.5. The number of nitrogens with zero attached hydrogens (tertiary/aromatic N) is 3. The van der Waals surface area contributed by atoms with Crippen LogP contribution >= 0.6 is 0 Å². The first-order valence-electron chi connectivity index (χ1n) is 11.1. The summed E-state index contributed by atoms with van der Waals surface area (Å²) >= 11 is 0. The van der Waals surface area contributed by atoms with Gasteiger partial charge < -0.3 is 19.2 Å². The van der Waals surface area contributed by atoms with Crippen LogP contribution in [0.1, 0.15) is 49.1 Å². The third kappa shape index (κ3) is 3.28. The van der Waals surface area contributed by atoms with Crippen LogP contribution in [0.25, 0.3) is 21.9 Å². The molecule has 7 heteroatoms. The number of hydrogen-bond acceptors (Lipinski definition) is 3. The summed E-state index contributed by atoms with van der Waals surface area (Å²) in [6.45, 7) is 5.47. The highest BCUT2D eigenvalue weighted by Gasteiger charge is 2.28. The lowest BCUT2D eigenvalue weighted by Gasteiger charge is -2.32. The average Bonchev–Trinajstić information content (AvgIpc) is 3.35. The molecule has 1 fully saturated rings. The highest BCUT2D eigenvalue weighted by molar-refractivity contribution is 6.07. The van der Waals surface area contributed by atoms with Crippen LogP contribution in [0.2, 0.25) is 0 Å². The number of piperidine rings is 1. The number of carbonyl (C=O) groups is 1. The van der Waals surface area contributed by atoms with Crippen LogP contribution in [0, 0.1) is 0 Å². The number of benzene rings is 2. The van der Waals surface area contributed by atoms with Crippen molar-refractivity contribution in [3.05, 3.63) is 64.7 Å². The molecule has 1 aliphatic heterocycles. The average molecular weight is 433 g/mol. The molecule has 166 valence electrons. The van der Waals surface area contributed by atoms with Crippen molar-refractivity contribution in [1.29, 1.82) is 0 Å². The first kappa shape index (κ1) is 20.4.